The molecule has 4 N–H and O–H groups in total. The lowest BCUT2D eigenvalue weighted by atomic mass is 10.1. The molecule has 0 aliphatic rings. The summed E-state index contributed by atoms with van der Waals surface area (Å²) in [5, 5.41) is 13.8. The second-order valence-corrected chi connectivity index (χ2v) is 3.50. The molecule has 4 nitrogen and oxygen atoms in total. The van der Waals surface area contributed by atoms with Crippen molar-refractivity contribution in [1.29, 1.82) is 0 Å². The average Bonchev–Trinajstić information content (AvgIpc) is 2.29. The first-order valence-electron chi connectivity index (χ1n) is 4.92. The summed E-state index contributed by atoms with van der Waals surface area (Å²) in [5.41, 5.74) is 5.91. The molecular formula is C12H12N2O2. The molecule has 0 aliphatic carbocycles. The van der Waals surface area contributed by atoms with Gasteiger partial charge in [-0.1, -0.05) is 12.1 Å². The zero-order valence-corrected chi connectivity index (χ0v) is 8.60. The maximum absolute atomic E-state index is 11.1. The van der Waals surface area contributed by atoms with Crippen LogP contribution in [0.2, 0.25) is 0 Å². The van der Waals surface area contributed by atoms with Crippen molar-refractivity contribution in [3.8, 4) is 5.75 Å². The van der Waals surface area contributed by atoms with Gasteiger partial charge in [0.1, 0.15) is 5.75 Å². The monoisotopic (exact) mass is 216 g/mol. The van der Waals surface area contributed by atoms with Gasteiger partial charge in [0, 0.05) is 5.69 Å². The normalized spacial score (nSPS) is 10.3. The number of hydrogen-bond acceptors (Lipinski definition) is 3. The first-order chi connectivity index (χ1) is 7.69. The second kappa shape index (κ2) is 4.20. The van der Waals surface area contributed by atoms with Crippen molar-refractivity contribution in [2.24, 2.45) is 5.73 Å². The molecule has 0 bridgehead atoms. The number of benzene rings is 2. The number of amides is 1. The minimum absolute atomic E-state index is 0.0341. The fraction of sp³-hybridized carbons (Fsp3) is 0.0833. The number of fused-ring (bicyclic) bond motifs is 1. The summed E-state index contributed by atoms with van der Waals surface area (Å²) in [4.78, 5) is 11.1. The third kappa shape index (κ3) is 2.12. The smallest absolute Gasteiger partial charge is 0.238 e. The van der Waals surface area contributed by atoms with Crippen molar-refractivity contribution in [3.63, 3.8) is 0 Å². The largest absolute Gasteiger partial charge is 0.508 e. The molecule has 0 radical (unpaired) electrons. The predicted octanol–water partition coefficient (Wildman–Crippen LogP) is 1.44. The van der Waals surface area contributed by atoms with Crippen molar-refractivity contribution in [3.05, 3.63) is 36.4 Å². The average molecular weight is 216 g/mol. The lowest BCUT2D eigenvalue weighted by Gasteiger charge is -2.05. The van der Waals surface area contributed by atoms with Crippen LogP contribution in [0.4, 0.5) is 5.69 Å². The number of rotatable bonds is 2. The number of nitrogens with one attached hydrogen (secondary N) is 1. The molecule has 0 unspecified atom stereocenters. The van der Waals surface area contributed by atoms with Gasteiger partial charge in [0.2, 0.25) is 5.91 Å². The first kappa shape index (κ1) is 10.4. The van der Waals surface area contributed by atoms with Crippen LogP contribution in [0.15, 0.2) is 36.4 Å². The van der Waals surface area contributed by atoms with Crippen molar-refractivity contribution in [1.82, 2.24) is 0 Å². The number of anilines is 1. The molecular weight excluding hydrogens is 204 g/mol. The van der Waals surface area contributed by atoms with E-state index in [1.165, 1.54) is 0 Å². The van der Waals surface area contributed by atoms with Crippen molar-refractivity contribution >= 4 is 22.4 Å². The van der Waals surface area contributed by atoms with E-state index < -0.39 is 0 Å². The van der Waals surface area contributed by atoms with Crippen LogP contribution in [0.3, 0.4) is 0 Å². The number of phenolic OH excluding ortho intramolecular Hbond substituents is 1. The van der Waals surface area contributed by atoms with E-state index in [0.29, 0.717) is 5.69 Å². The first-order valence-corrected chi connectivity index (χ1v) is 4.92. The topological polar surface area (TPSA) is 75.4 Å². The van der Waals surface area contributed by atoms with E-state index in [1.54, 1.807) is 24.3 Å². The molecule has 0 heterocycles. The Labute approximate surface area is 92.7 Å². The Morgan fingerprint density at radius 1 is 1.19 bits per heavy atom. The molecule has 82 valence electrons. The summed E-state index contributed by atoms with van der Waals surface area (Å²) in [7, 11) is 0. The van der Waals surface area contributed by atoms with Gasteiger partial charge in [-0.15, -0.1) is 0 Å². The molecule has 1 amide bonds. The van der Waals surface area contributed by atoms with Crippen LogP contribution in [0, 0.1) is 0 Å². The van der Waals surface area contributed by atoms with Gasteiger partial charge in [0.25, 0.3) is 0 Å². The number of phenols is 1. The summed E-state index contributed by atoms with van der Waals surface area (Å²) in [6.45, 7) is -0.0341. The lowest BCUT2D eigenvalue weighted by Crippen LogP contribution is -2.21. The Bertz CT molecular complexity index is 538. The van der Waals surface area contributed by atoms with E-state index in [-0.39, 0.29) is 18.2 Å². The van der Waals surface area contributed by atoms with Crippen LogP contribution in [-0.2, 0) is 4.79 Å². The van der Waals surface area contributed by atoms with Gasteiger partial charge in [0.05, 0.1) is 6.54 Å². The van der Waals surface area contributed by atoms with E-state index in [1.807, 2.05) is 12.1 Å². The molecule has 0 fully saturated rings. The molecule has 2 aromatic rings. The SMILES string of the molecule is NCC(=O)Nc1ccc2cc(O)ccc2c1. The second-order valence-electron chi connectivity index (χ2n) is 3.50. The third-order valence-electron chi connectivity index (χ3n) is 2.29. The Morgan fingerprint density at radius 2 is 1.88 bits per heavy atom. The molecule has 0 saturated heterocycles. The number of carbonyl (C=O) groups is 1. The Kier molecular flexibility index (Phi) is 2.74. The van der Waals surface area contributed by atoms with Crippen LogP contribution < -0.4 is 11.1 Å². The highest BCUT2D eigenvalue weighted by molar-refractivity contribution is 5.95. The van der Waals surface area contributed by atoms with Gasteiger partial charge in [-0.2, -0.15) is 0 Å². The number of hydrogen-bond donors (Lipinski definition) is 3. The van der Waals surface area contributed by atoms with Crippen molar-refractivity contribution in [2.75, 3.05) is 11.9 Å². The highest BCUT2D eigenvalue weighted by Crippen LogP contribution is 2.22. The van der Waals surface area contributed by atoms with Gasteiger partial charge >= 0.3 is 0 Å². The molecule has 16 heavy (non-hydrogen) atoms. The fourth-order valence-corrected chi connectivity index (χ4v) is 1.52. The maximum atomic E-state index is 11.1. The zero-order valence-electron chi connectivity index (χ0n) is 8.60. The standard InChI is InChI=1S/C12H12N2O2/c13-7-12(16)14-10-3-1-9-6-11(15)4-2-8(9)5-10/h1-6,15H,7,13H2,(H,14,16). The third-order valence-corrected chi connectivity index (χ3v) is 2.29. The van der Waals surface area contributed by atoms with Gasteiger partial charge in [-0.3, -0.25) is 4.79 Å². The van der Waals surface area contributed by atoms with E-state index >= 15 is 0 Å². The van der Waals surface area contributed by atoms with Crippen LogP contribution in [0.25, 0.3) is 10.8 Å². The van der Waals surface area contributed by atoms with Crippen LogP contribution in [0.1, 0.15) is 0 Å². The Hall–Kier alpha value is -2.07. The quantitative estimate of drug-likeness (QED) is 0.711. The van der Waals surface area contributed by atoms with E-state index in [4.69, 9.17) is 5.73 Å². The lowest BCUT2D eigenvalue weighted by molar-refractivity contribution is -0.114. The van der Waals surface area contributed by atoms with E-state index in [0.717, 1.165) is 10.8 Å². The van der Waals surface area contributed by atoms with Crippen molar-refractivity contribution in [2.45, 2.75) is 0 Å². The molecule has 0 aromatic heterocycles. The molecule has 0 aliphatic heterocycles. The molecule has 2 aromatic carbocycles. The van der Waals surface area contributed by atoms with Gasteiger partial charge in [-0.25, -0.2) is 0 Å². The highest BCUT2D eigenvalue weighted by Gasteiger charge is 2.01. The Morgan fingerprint density at radius 3 is 2.62 bits per heavy atom. The molecule has 0 saturated carbocycles. The summed E-state index contributed by atoms with van der Waals surface area (Å²) < 4.78 is 0. The maximum Gasteiger partial charge on any atom is 0.238 e. The number of aromatic hydroxyl groups is 1. The minimum Gasteiger partial charge on any atom is -0.508 e. The van der Waals surface area contributed by atoms with Crippen LogP contribution in [-0.4, -0.2) is 17.6 Å². The summed E-state index contributed by atoms with van der Waals surface area (Å²) in [6, 6.07) is 10.5. The zero-order chi connectivity index (χ0) is 11.5. The highest BCUT2D eigenvalue weighted by atomic mass is 16.3. The molecule has 4 heteroatoms. The number of carbonyl (C=O) groups excluding carboxylic acids is 1. The van der Waals surface area contributed by atoms with Crippen LogP contribution >= 0.6 is 0 Å². The molecule has 0 spiro atoms. The predicted molar refractivity (Wildman–Crippen MR) is 63.3 cm³/mol. The van der Waals surface area contributed by atoms with Crippen LogP contribution in [0.5, 0.6) is 5.75 Å². The summed E-state index contributed by atoms with van der Waals surface area (Å²) >= 11 is 0. The van der Waals surface area contributed by atoms with Gasteiger partial charge in [0.15, 0.2) is 0 Å². The van der Waals surface area contributed by atoms with E-state index in [2.05, 4.69) is 5.32 Å². The molecule has 2 rings (SSSR count). The van der Waals surface area contributed by atoms with E-state index in [9.17, 15) is 9.90 Å². The van der Waals surface area contributed by atoms with Crippen molar-refractivity contribution < 1.29 is 9.90 Å². The molecule has 0 atom stereocenters. The van der Waals surface area contributed by atoms with Gasteiger partial charge in [-0.05, 0) is 35.0 Å². The van der Waals surface area contributed by atoms with Gasteiger partial charge < -0.3 is 16.2 Å². The fourth-order valence-electron chi connectivity index (χ4n) is 1.52. The Balaban J connectivity index is 2.37. The summed E-state index contributed by atoms with van der Waals surface area (Å²) in [6.07, 6.45) is 0. The number of nitrogens with two attached hydrogens (primary N) is 1. The minimum atomic E-state index is -0.224. The summed E-state index contributed by atoms with van der Waals surface area (Å²) in [5.74, 6) is 0.00405.